The Morgan fingerprint density at radius 2 is 1.03 bits per heavy atom. The minimum absolute atomic E-state index is 0.0716. The Bertz CT molecular complexity index is 1250. The number of aliphatic hydroxyl groups excluding tert-OH is 5. The maximum absolute atomic E-state index is 13.0. The number of nitrogens with one attached hydrogen (secondary N) is 1. The number of amides is 1. The lowest BCUT2D eigenvalue weighted by molar-refractivity contribution is -0.302. The summed E-state index contributed by atoms with van der Waals surface area (Å²) in [6, 6.07) is -0.857. The first kappa shape index (κ1) is 59.4. The number of carbonyl (C=O) groups is 2. The predicted octanol–water partition coefficient (Wildman–Crippen LogP) is 10.3. The normalized spacial score (nSPS) is 20.4. The minimum Gasteiger partial charge on any atom is -0.466 e. The second-order valence-electron chi connectivity index (χ2n) is 17.5. The van der Waals surface area contributed by atoms with Crippen molar-refractivity contribution in [2.24, 2.45) is 0 Å². The zero-order valence-corrected chi connectivity index (χ0v) is 40.2. The van der Waals surface area contributed by atoms with Crippen LogP contribution in [0, 0.1) is 0 Å². The molecule has 1 amide bonds. The monoisotopic (exact) mass is 904 g/mol. The highest BCUT2D eigenvalue weighted by atomic mass is 16.7. The van der Waals surface area contributed by atoms with Crippen molar-refractivity contribution < 1.29 is 49.3 Å². The molecule has 7 atom stereocenters. The number of unbranched alkanes of at least 4 members (excludes halogenated alkanes) is 20. The highest BCUT2D eigenvalue weighted by molar-refractivity contribution is 5.76. The van der Waals surface area contributed by atoms with E-state index in [2.05, 4.69) is 67.8 Å². The number of esters is 1. The van der Waals surface area contributed by atoms with E-state index in [1.807, 2.05) is 6.08 Å². The van der Waals surface area contributed by atoms with Crippen molar-refractivity contribution in [2.75, 3.05) is 19.8 Å². The molecule has 0 aromatic carbocycles. The number of hydrogen-bond acceptors (Lipinski definition) is 10. The molecule has 0 aromatic rings. The van der Waals surface area contributed by atoms with Crippen molar-refractivity contribution in [3.8, 4) is 0 Å². The summed E-state index contributed by atoms with van der Waals surface area (Å²) in [5, 5.41) is 54.2. The van der Waals surface area contributed by atoms with Crippen molar-refractivity contribution in [1.82, 2.24) is 5.32 Å². The van der Waals surface area contributed by atoms with Gasteiger partial charge in [0.2, 0.25) is 5.91 Å². The van der Waals surface area contributed by atoms with Crippen LogP contribution in [0.15, 0.2) is 60.8 Å². The molecular formula is C53H93NO10. The van der Waals surface area contributed by atoms with Crippen molar-refractivity contribution in [2.45, 2.75) is 243 Å². The van der Waals surface area contributed by atoms with Gasteiger partial charge in [-0.05, 0) is 103 Å². The lowest BCUT2D eigenvalue weighted by Crippen LogP contribution is -2.60. The standard InChI is InChI=1S/C53H93NO10/c1-3-5-7-9-11-13-15-16-17-20-23-27-31-35-39-46(56)45(44-63-53-52(61)51(60)50(59)47(43-55)64-53)54-48(57)40-36-32-28-24-21-18-22-26-30-34-38-42-62-49(58)41-37-33-29-25-19-14-12-10-8-6-4-2/h10,12-13,15,20,22-23,26,35,39,45-47,50-53,55-56,59-61H,3-9,11,14,16-19,21,24-25,27-34,36-38,40-44H2,1-2H3,(H,54,57)/b12-10-,15-13+,23-20+,26-22-,39-35+. The van der Waals surface area contributed by atoms with Gasteiger partial charge >= 0.3 is 5.97 Å². The fourth-order valence-corrected chi connectivity index (χ4v) is 7.38. The SMILES string of the molecule is CCCC/C=C\CCCCCCCC(=O)OCCCC/C=C\CCCCCCCC(=O)NC(COC1OC(CO)C(O)C(O)C1O)C(O)/C=C/CC/C=C/CC/C=C/CCCCCC. The summed E-state index contributed by atoms with van der Waals surface area (Å²) >= 11 is 0. The van der Waals surface area contributed by atoms with Gasteiger partial charge in [0, 0.05) is 12.8 Å². The average molecular weight is 904 g/mol. The molecule has 0 saturated carbocycles. The van der Waals surface area contributed by atoms with E-state index < -0.39 is 49.5 Å². The van der Waals surface area contributed by atoms with Crippen LogP contribution < -0.4 is 5.32 Å². The zero-order chi connectivity index (χ0) is 46.7. The van der Waals surface area contributed by atoms with E-state index in [-0.39, 0.29) is 18.5 Å². The van der Waals surface area contributed by atoms with Gasteiger partial charge < -0.3 is 45.1 Å². The molecular weight excluding hydrogens is 811 g/mol. The van der Waals surface area contributed by atoms with E-state index in [1.54, 1.807) is 6.08 Å². The van der Waals surface area contributed by atoms with Gasteiger partial charge in [0.05, 0.1) is 32.0 Å². The summed E-state index contributed by atoms with van der Waals surface area (Å²) < 4.78 is 16.6. The molecule has 1 rings (SSSR count). The van der Waals surface area contributed by atoms with Crippen LogP contribution in [0.25, 0.3) is 0 Å². The largest absolute Gasteiger partial charge is 0.466 e. The van der Waals surface area contributed by atoms with Crippen molar-refractivity contribution in [3.63, 3.8) is 0 Å². The van der Waals surface area contributed by atoms with E-state index in [1.165, 1.54) is 70.6 Å². The average Bonchev–Trinajstić information content (AvgIpc) is 3.29. The molecule has 64 heavy (non-hydrogen) atoms. The first-order chi connectivity index (χ1) is 31.2. The summed E-state index contributed by atoms with van der Waals surface area (Å²) in [7, 11) is 0. The molecule has 11 nitrogen and oxygen atoms in total. The van der Waals surface area contributed by atoms with Crippen LogP contribution in [-0.4, -0.2) is 100 Å². The van der Waals surface area contributed by atoms with Crippen LogP contribution >= 0.6 is 0 Å². The maximum atomic E-state index is 13.0. The van der Waals surface area contributed by atoms with E-state index >= 15 is 0 Å². The Balaban J connectivity index is 2.29. The molecule has 1 aliphatic heterocycles. The van der Waals surface area contributed by atoms with Crippen LogP contribution in [0.2, 0.25) is 0 Å². The molecule has 370 valence electrons. The summed E-state index contributed by atoms with van der Waals surface area (Å²) in [6.07, 6.45) is 42.9. The van der Waals surface area contributed by atoms with Gasteiger partial charge in [0.1, 0.15) is 24.4 Å². The number of allylic oxidation sites excluding steroid dienone is 9. The third-order valence-corrected chi connectivity index (χ3v) is 11.6. The van der Waals surface area contributed by atoms with Gasteiger partial charge in [-0.25, -0.2) is 0 Å². The van der Waals surface area contributed by atoms with Crippen LogP contribution in [0.4, 0.5) is 0 Å². The topological polar surface area (TPSA) is 175 Å². The molecule has 6 N–H and O–H groups in total. The molecule has 0 spiro atoms. The molecule has 1 saturated heterocycles. The quantitative estimate of drug-likeness (QED) is 0.0197. The van der Waals surface area contributed by atoms with Crippen LogP contribution in [0.3, 0.4) is 0 Å². The number of rotatable bonds is 42. The first-order valence-corrected chi connectivity index (χ1v) is 25.6. The molecule has 11 heteroatoms. The van der Waals surface area contributed by atoms with Gasteiger partial charge in [0.25, 0.3) is 0 Å². The minimum atomic E-state index is -1.59. The first-order valence-electron chi connectivity index (χ1n) is 25.6. The second-order valence-corrected chi connectivity index (χ2v) is 17.5. The summed E-state index contributed by atoms with van der Waals surface area (Å²) in [5.74, 6) is -0.300. The van der Waals surface area contributed by atoms with Gasteiger partial charge in [-0.2, -0.15) is 0 Å². The van der Waals surface area contributed by atoms with Crippen molar-refractivity contribution in [1.29, 1.82) is 0 Å². The number of hydrogen-bond donors (Lipinski definition) is 6. The second kappa shape index (κ2) is 43.0. The molecule has 0 aromatic heterocycles. The summed E-state index contributed by atoms with van der Waals surface area (Å²) in [6.45, 7) is 4.13. The zero-order valence-electron chi connectivity index (χ0n) is 40.2. The highest BCUT2D eigenvalue weighted by Crippen LogP contribution is 2.22. The third kappa shape index (κ3) is 32.9. The molecule has 0 bridgehead atoms. The van der Waals surface area contributed by atoms with E-state index in [0.29, 0.717) is 32.3 Å². The van der Waals surface area contributed by atoms with Gasteiger partial charge in [0.15, 0.2) is 6.29 Å². The Morgan fingerprint density at radius 1 is 0.562 bits per heavy atom. The number of aliphatic hydroxyl groups is 5. The maximum Gasteiger partial charge on any atom is 0.305 e. The Morgan fingerprint density at radius 3 is 1.59 bits per heavy atom. The van der Waals surface area contributed by atoms with Gasteiger partial charge in [-0.3, -0.25) is 9.59 Å². The molecule has 1 fully saturated rings. The lowest BCUT2D eigenvalue weighted by Gasteiger charge is -2.40. The van der Waals surface area contributed by atoms with Crippen molar-refractivity contribution in [3.05, 3.63) is 60.8 Å². The number of carbonyl (C=O) groups excluding carboxylic acids is 2. The van der Waals surface area contributed by atoms with Crippen LogP contribution in [0.5, 0.6) is 0 Å². The predicted molar refractivity (Wildman–Crippen MR) is 260 cm³/mol. The van der Waals surface area contributed by atoms with Crippen molar-refractivity contribution >= 4 is 11.9 Å². The fraction of sp³-hybridized carbons (Fsp3) is 0.774. The molecule has 0 radical (unpaired) electrons. The van der Waals surface area contributed by atoms with Crippen LogP contribution in [0.1, 0.15) is 200 Å². The van der Waals surface area contributed by atoms with E-state index in [4.69, 9.17) is 14.2 Å². The van der Waals surface area contributed by atoms with Gasteiger partial charge in [-0.1, -0.05) is 145 Å². The summed E-state index contributed by atoms with van der Waals surface area (Å²) in [5.41, 5.74) is 0. The Kier molecular flexibility index (Phi) is 39.9. The Labute approximate surface area is 388 Å². The Hall–Kier alpha value is -2.64. The molecule has 0 aliphatic carbocycles. The lowest BCUT2D eigenvalue weighted by atomic mass is 9.99. The molecule has 7 unspecified atom stereocenters. The number of ether oxygens (including phenoxy) is 3. The smallest absolute Gasteiger partial charge is 0.305 e. The fourth-order valence-electron chi connectivity index (χ4n) is 7.38. The highest BCUT2D eigenvalue weighted by Gasteiger charge is 2.44. The van der Waals surface area contributed by atoms with Crippen LogP contribution in [-0.2, 0) is 23.8 Å². The van der Waals surface area contributed by atoms with E-state index in [0.717, 1.165) is 89.9 Å². The third-order valence-electron chi connectivity index (χ3n) is 11.6. The summed E-state index contributed by atoms with van der Waals surface area (Å²) in [4.78, 5) is 25.0. The van der Waals surface area contributed by atoms with Gasteiger partial charge in [-0.15, -0.1) is 0 Å². The van der Waals surface area contributed by atoms with E-state index in [9.17, 15) is 35.1 Å². The molecule has 1 aliphatic rings. The molecule has 1 heterocycles.